The lowest BCUT2D eigenvalue weighted by Crippen LogP contribution is -2.50. The molecule has 2 fully saturated rings. The summed E-state index contributed by atoms with van der Waals surface area (Å²) >= 11 is 1.58. The average molecular weight is 357 g/mol. The van der Waals surface area contributed by atoms with Gasteiger partial charge in [-0.3, -0.25) is 9.69 Å². The number of rotatable bonds is 5. The van der Waals surface area contributed by atoms with Crippen LogP contribution in [0, 0.1) is 13.8 Å². The SMILES string of the molecule is Cc1noc(C)c1CN1C[C@@H](F)C[C@H]1CNC(=O)[C@]1(O)CCSC1. The van der Waals surface area contributed by atoms with Gasteiger partial charge >= 0.3 is 0 Å². The largest absolute Gasteiger partial charge is 0.379 e. The zero-order valence-corrected chi connectivity index (χ0v) is 14.9. The van der Waals surface area contributed by atoms with Crippen LogP contribution in [0.2, 0.25) is 0 Å². The van der Waals surface area contributed by atoms with E-state index in [4.69, 9.17) is 4.52 Å². The molecule has 6 nitrogen and oxygen atoms in total. The minimum Gasteiger partial charge on any atom is -0.379 e. The molecule has 3 atom stereocenters. The van der Waals surface area contributed by atoms with E-state index in [9.17, 15) is 14.3 Å². The molecule has 2 aliphatic rings. The van der Waals surface area contributed by atoms with Crippen molar-refractivity contribution < 1.29 is 18.8 Å². The van der Waals surface area contributed by atoms with Crippen LogP contribution in [0.15, 0.2) is 4.52 Å². The molecular formula is C16H24FN3O3S. The molecule has 1 amide bonds. The zero-order valence-electron chi connectivity index (χ0n) is 14.0. The Bertz CT molecular complexity index is 584. The van der Waals surface area contributed by atoms with Gasteiger partial charge < -0.3 is 14.9 Å². The highest BCUT2D eigenvalue weighted by atomic mass is 32.2. The van der Waals surface area contributed by atoms with Crippen LogP contribution in [0.3, 0.4) is 0 Å². The summed E-state index contributed by atoms with van der Waals surface area (Å²) < 4.78 is 19.1. The Hall–Kier alpha value is -1.12. The predicted molar refractivity (Wildman–Crippen MR) is 89.6 cm³/mol. The highest BCUT2D eigenvalue weighted by Crippen LogP contribution is 2.28. The smallest absolute Gasteiger partial charge is 0.252 e. The molecule has 0 unspecified atom stereocenters. The number of carbonyl (C=O) groups is 1. The van der Waals surface area contributed by atoms with Crippen molar-refractivity contribution in [3.05, 3.63) is 17.0 Å². The van der Waals surface area contributed by atoms with E-state index < -0.39 is 11.8 Å². The predicted octanol–water partition coefficient (Wildman–Crippen LogP) is 1.19. The minimum absolute atomic E-state index is 0.0877. The Labute approximate surface area is 145 Å². The van der Waals surface area contributed by atoms with Gasteiger partial charge in [-0.1, -0.05) is 5.16 Å². The number of aliphatic hydroxyl groups is 1. The Morgan fingerprint density at radius 2 is 2.38 bits per heavy atom. The second kappa shape index (κ2) is 7.01. The molecule has 0 bridgehead atoms. The second-order valence-corrected chi connectivity index (χ2v) is 7.87. The van der Waals surface area contributed by atoms with Crippen molar-refractivity contribution >= 4 is 17.7 Å². The van der Waals surface area contributed by atoms with Gasteiger partial charge in [-0.05, 0) is 32.4 Å². The van der Waals surface area contributed by atoms with E-state index in [0.29, 0.717) is 38.2 Å². The van der Waals surface area contributed by atoms with E-state index in [1.54, 1.807) is 11.8 Å². The molecule has 0 aromatic carbocycles. The average Bonchev–Trinajstić information content (AvgIpc) is 3.21. The third-order valence-electron chi connectivity index (χ3n) is 4.94. The van der Waals surface area contributed by atoms with Crippen LogP contribution < -0.4 is 5.32 Å². The van der Waals surface area contributed by atoms with Crippen molar-refractivity contribution in [1.29, 1.82) is 0 Å². The Morgan fingerprint density at radius 1 is 1.58 bits per heavy atom. The van der Waals surface area contributed by atoms with E-state index in [2.05, 4.69) is 10.5 Å². The molecule has 8 heteroatoms. The molecular weight excluding hydrogens is 333 g/mol. The van der Waals surface area contributed by atoms with Gasteiger partial charge in [-0.15, -0.1) is 0 Å². The van der Waals surface area contributed by atoms with Crippen molar-refractivity contribution in [2.24, 2.45) is 0 Å². The lowest BCUT2D eigenvalue weighted by molar-refractivity contribution is -0.137. The zero-order chi connectivity index (χ0) is 17.3. The Balaban J connectivity index is 1.60. The number of carbonyl (C=O) groups excluding carboxylic acids is 1. The summed E-state index contributed by atoms with van der Waals surface area (Å²) in [5.41, 5.74) is 0.520. The number of aromatic nitrogens is 1. The summed E-state index contributed by atoms with van der Waals surface area (Å²) in [6.45, 7) is 4.96. The van der Waals surface area contributed by atoms with Gasteiger partial charge in [0.25, 0.3) is 5.91 Å². The number of amides is 1. The summed E-state index contributed by atoms with van der Waals surface area (Å²) in [6.07, 6.45) is -0.0445. The summed E-state index contributed by atoms with van der Waals surface area (Å²) in [6, 6.07) is -0.0877. The summed E-state index contributed by atoms with van der Waals surface area (Å²) in [5, 5.41) is 17.0. The molecule has 2 aliphatic heterocycles. The fourth-order valence-electron chi connectivity index (χ4n) is 3.37. The molecule has 0 saturated carbocycles. The van der Waals surface area contributed by atoms with Crippen molar-refractivity contribution in [2.45, 2.75) is 51.0 Å². The van der Waals surface area contributed by atoms with E-state index in [1.165, 1.54) is 0 Å². The van der Waals surface area contributed by atoms with Crippen LogP contribution in [0.4, 0.5) is 4.39 Å². The normalized spacial score (nSPS) is 30.8. The van der Waals surface area contributed by atoms with Crippen LogP contribution in [0.1, 0.15) is 29.9 Å². The molecule has 0 radical (unpaired) electrons. The van der Waals surface area contributed by atoms with Crippen LogP contribution >= 0.6 is 11.8 Å². The molecule has 2 N–H and O–H groups in total. The fraction of sp³-hybridized carbons (Fsp3) is 0.750. The third kappa shape index (κ3) is 3.60. The second-order valence-electron chi connectivity index (χ2n) is 6.76. The molecule has 1 aromatic rings. The van der Waals surface area contributed by atoms with Crippen LogP contribution in [0.5, 0.6) is 0 Å². The third-order valence-corrected chi connectivity index (χ3v) is 6.12. The van der Waals surface area contributed by atoms with Gasteiger partial charge in [0.1, 0.15) is 11.9 Å². The van der Waals surface area contributed by atoms with Gasteiger partial charge in [0.2, 0.25) is 0 Å². The number of halogens is 1. The first-order valence-electron chi connectivity index (χ1n) is 8.27. The van der Waals surface area contributed by atoms with Gasteiger partial charge in [-0.25, -0.2) is 4.39 Å². The van der Waals surface area contributed by atoms with Gasteiger partial charge in [-0.2, -0.15) is 11.8 Å². The Morgan fingerprint density at radius 3 is 3.00 bits per heavy atom. The van der Waals surface area contributed by atoms with Crippen LogP contribution in [0.25, 0.3) is 0 Å². The first kappa shape index (κ1) is 17.7. The Kier molecular flexibility index (Phi) is 5.17. The number of likely N-dealkylation sites (tertiary alicyclic amines) is 1. The molecule has 0 aliphatic carbocycles. The molecule has 3 rings (SSSR count). The summed E-state index contributed by atoms with van der Waals surface area (Å²) in [4.78, 5) is 14.2. The first-order chi connectivity index (χ1) is 11.4. The van der Waals surface area contributed by atoms with Crippen LogP contribution in [-0.2, 0) is 11.3 Å². The first-order valence-corrected chi connectivity index (χ1v) is 9.43. The van der Waals surface area contributed by atoms with Gasteiger partial charge in [0.05, 0.1) is 5.69 Å². The van der Waals surface area contributed by atoms with Crippen LogP contribution in [-0.4, -0.2) is 63.5 Å². The van der Waals surface area contributed by atoms with E-state index >= 15 is 0 Å². The number of nitrogens with one attached hydrogen (secondary N) is 1. The molecule has 1 aromatic heterocycles. The van der Waals surface area contributed by atoms with Gasteiger partial charge in [0, 0.05) is 37.0 Å². The molecule has 3 heterocycles. The standard InChI is InChI=1S/C16H24FN3O3S/c1-10-14(11(2)23-19-10)8-20-7-12(17)5-13(20)6-18-15(21)16(22)3-4-24-9-16/h12-13,22H,3-9H2,1-2H3,(H,18,21)/t12-,13-,16-/m0/s1. The molecule has 24 heavy (non-hydrogen) atoms. The lowest BCUT2D eigenvalue weighted by atomic mass is 10.0. The number of nitrogens with zero attached hydrogens (tertiary/aromatic N) is 2. The highest BCUT2D eigenvalue weighted by Gasteiger charge is 2.40. The summed E-state index contributed by atoms with van der Waals surface area (Å²) in [7, 11) is 0. The minimum atomic E-state index is -1.27. The van der Waals surface area contributed by atoms with Crippen molar-refractivity contribution in [3.63, 3.8) is 0 Å². The maximum absolute atomic E-state index is 13.9. The van der Waals surface area contributed by atoms with Crippen molar-refractivity contribution in [1.82, 2.24) is 15.4 Å². The lowest BCUT2D eigenvalue weighted by Gasteiger charge is -2.26. The number of hydrogen-bond donors (Lipinski definition) is 2. The van der Waals surface area contributed by atoms with E-state index in [0.717, 1.165) is 22.8 Å². The maximum Gasteiger partial charge on any atom is 0.252 e. The number of thioether (sulfide) groups is 1. The van der Waals surface area contributed by atoms with E-state index in [-0.39, 0.29) is 11.9 Å². The van der Waals surface area contributed by atoms with Crippen molar-refractivity contribution in [3.8, 4) is 0 Å². The maximum atomic E-state index is 13.9. The van der Waals surface area contributed by atoms with E-state index in [1.807, 2.05) is 18.7 Å². The number of alkyl halides is 1. The topological polar surface area (TPSA) is 78.6 Å². The molecule has 2 saturated heterocycles. The monoisotopic (exact) mass is 357 g/mol. The van der Waals surface area contributed by atoms with Crippen molar-refractivity contribution in [2.75, 3.05) is 24.6 Å². The fourth-order valence-corrected chi connectivity index (χ4v) is 4.61. The molecule has 134 valence electrons. The highest BCUT2D eigenvalue weighted by molar-refractivity contribution is 7.99. The van der Waals surface area contributed by atoms with Gasteiger partial charge in [0.15, 0.2) is 5.60 Å². The number of hydrogen-bond acceptors (Lipinski definition) is 6. The summed E-state index contributed by atoms with van der Waals surface area (Å²) in [5.74, 6) is 1.62. The molecule has 0 spiro atoms. The quantitative estimate of drug-likeness (QED) is 0.824. The number of aryl methyl sites for hydroxylation is 2.